The number of fused-ring (bicyclic) bond motifs is 2. The molecule has 33 heavy (non-hydrogen) atoms. The summed E-state index contributed by atoms with van der Waals surface area (Å²) < 4.78 is 5.85. The summed E-state index contributed by atoms with van der Waals surface area (Å²) in [6.07, 6.45) is 1.72. The van der Waals surface area contributed by atoms with Crippen LogP contribution in [-0.4, -0.2) is 26.0 Å². The Morgan fingerprint density at radius 3 is 2.55 bits per heavy atom. The predicted molar refractivity (Wildman–Crippen MR) is 143 cm³/mol. The largest absolute Gasteiger partial charge is 0.387 e. The van der Waals surface area contributed by atoms with Gasteiger partial charge in [-0.05, 0) is 47.6 Å². The minimum atomic E-state index is -0.514. The minimum Gasteiger partial charge on any atom is -0.387 e. The lowest BCUT2D eigenvalue weighted by molar-refractivity contribution is 0.170. The van der Waals surface area contributed by atoms with Crippen LogP contribution < -0.4 is 5.73 Å². The maximum atomic E-state index is 10.3. The van der Waals surface area contributed by atoms with E-state index in [4.69, 9.17) is 21.7 Å². The second kappa shape index (κ2) is 11.3. The first-order valence-corrected chi connectivity index (χ1v) is 11.1. The molecule has 1 aliphatic rings. The molecular weight excluding hydrogens is 522 g/mol. The number of hydrogen-bond acceptors (Lipinski definition) is 6. The van der Waals surface area contributed by atoms with Crippen molar-refractivity contribution < 1.29 is 5.11 Å². The van der Waals surface area contributed by atoms with Gasteiger partial charge in [0.15, 0.2) is 0 Å². The number of nitrogens with zero attached hydrogens (tertiary/aromatic N) is 3. The summed E-state index contributed by atoms with van der Waals surface area (Å²) in [6, 6.07) is 14.1. The van der Waals surface area contributed by atoms with Crippen molar-refractivity contribution in [3.8, 4) is 11.3 Å². The van der Waals surface area contributed by atoms with Gasteiger partial charge < -0.3 is 10.8 Å². The van der Waals surface area contributed by atoms with E-state index in [0.29, 0.717) is 18.0 Å². The third-order valence-corrected chi connectivity index (χ3v) is 6.99. The van der Waals surface area contributed by atoms with Gasteiger partial charge in [0.1, 0.15) is 6.33 Å². The molecule has 0 bridgehead atoms. The van der Waals surface area contributed by atoms with Crippen molar-refractivity contribution in [2.24, 2.45) is 5.73 Å². The van der Waals surface area contributed by atoms with Crippen LogP contribution in [0.15, 0.2) is 48.8 Å². The molecule has 3 N–H and O–H groups in total. The molecule has 2 heterocycles. The van der Waals surface area contributed by atoms with Gasteiger partial charge in [-0.3, -0.25) is 0 Å². The van der Waals surface area contributed by atoms with E-state index < -0.39 is 6.10 Å². The van der Waals surface area contributed by atoms with Crippen LogP contribution >= 0.6 is 60.4 Å². The molecule has 0 radical (unpaired) electrons. The number of hydrogen-bond donors (Lipinski definition) is 2. The van der Waals surface area contributed by atoms with Gasteiger partial charge in [0, 0.05) is 34.0 Å². The topological polar surface area (TPSA) is 84.9 Å². The smallest absolute Gasteiger partial charge is 0.116 e. The summed E-state index contributed by atoms with van der Waals surface area (Å²) in [5, 5.41) is 12.1. The molecule has 1 unspecified atom stereocenters. The summed E-state index contributed by atoms with van der Waals surface area (Å²) >= 11 is 7.52. The highest BCUT2D eigenvalue weighted by Gasteiger charge is 2.31. The maximum absolute atomic E-state index is 10.3. The number of aromatic nitrogens is 3. The molecule has 5 rings (SSSR count). The maximum Gasteiger partial charge on any atom is 0.116 e. The summed E-state index contributed by atoms with van der Waals surface area (Å²) in [4.78, 5) is 8.88. The first kappa shape index (κ1) is 27.7. The Labute approximate surface area is 220 Å². The fourth-order valence-corrected chi connectivity index (χ4v) is 5.41. The van der Waals surface area contributed by atoms with E-state index in [0.717, 1.165) is 43.9 Å². The lowest BCUT2D eigenvalue weighted by atomic mass is 9.93. The third-order valence-electron chi connectivity index (χ3n) is 5.91. The Morgan fingerprint density at radius 1 is 1.12 bits per heavy atom. The Hall–Kier alpha value is -1.51. The first-order valence-electron chi connectivity index (χ1n) is 9.95. The van der Waals surface area contributed by atoms with Crippen LogP contribution in [0.1, 0.15) is 53.8 Å². The van der Waals surface area contributed by atoms with Gasteiger partial charge >= 0.3 is 0 Å². The number of rotatable bonds is 4. The van der Waals surface area contributed by atoms with Crippen molar-refractivity contribution in [1.29, 1.82) is 0 Å². The molecule has 3 atom stereocenters. The zero-order chi connectivity index (χ0) is 20.8. The molecule has 0 fully saturated rings. The lowest BCUT2D eigenvalue weighted by Crippen LogP contribution is -2.14. The Morgan fingerprint density at radius 2 is 1.85 bits per heavy atom. The van der Waals surface area contributed by atoms with E-state index in [1.807, 2.05) is 24.3 Å². The van der Waals surface area contributed by atoms with Crippen molar-refractivity contribution >= 4 is 70.4 Å². The average Bonchev–Trinajstić information content (AvgIpc) is 3.30. The average molecular weight is 546 g/mol. The number of halogens is 4. The van der Waals surface area contributed by atoms with Crippen molar-refractivity contribution in [3.63, 3.8) is 0 Å². The van der Waals surface area contributed by atoms with E-state index in [9.17, 15) is 5.11 Å². The van der Waals surface area contributed by atoms with Crippen molar-refractivity contribution in [2.75, 3.05) is 6.54 Å². The fourth-order valence-electron chi connectivity index (χ4n) is 4.41. The number of aliphatic hydroxyl groups excluding tert-OH is 1. The molecule has 2 aromatic heterocycles. The van der Waals surface area contributed by atoms with E-state index in [-0.39, 0.29) is 49.1 Å². The Kier molecular flexibility index (Phi) is 9.48. The second-order valence-electron chi connectivity index (χ2n) is 7.79. The van der Waals surface area contributed by atoms with Gasteiger partial charge in [-0.1, -0.05) is 42.8 Å². The van der Waals surface area contributed by atoms with Crippen LogP contribution in [0.4, 0.5) is 0 Å². The molecule has 176 valence electrons. The zero-order valence-electron chi connectivity index (χ0n) is 17.6. The number of nitrogens with two attached hydrogens (primary N) is 1. The quantitative estimate of drug-likeness (QED) is 0.314. The van der Waals surface area contributed by atoms with E-state index >= 15 is 0 Å². The van der Waals surface area contributed by atoms with Crippen LogP contribution in [0.2, 0.25) is 5.02 Å². The fraction of sp³-hybridized carbons (Fsp3) is 0.261. The normalized spacial score (nSPS) is 17.5. The third kappa shape index (κ3) is 4.98. The highest BCUT2D eigenvalue weighted by Crippen LogP contribution is 2.43. The van der Waals surface area contributed by atoms with Gasteiger partial charge in [0.25, 0.3) is 0 Å². The minimum absolute atomic E-state index is 0. The van der Waals surface area contributed by atoms with Gasteiger partial charge in [-0.25, -0.2) is 9.97 Å². The molecule has 0 amide bonds. The Bertz CT molecular complexity index is 1240. The van der Waals surface area contributed by atoms with Crippen LogP contribution in [-0.2, 0) is 0 Å². The van der Waals surface area contributed by atoms with Gasteiger partial charge in [-0.15, -0.1) is 37.2 Å². The van der Waals surface area contributed by atoms with Crippen molar-refractivity contribution in [3.05, 3.63) is 76.3 Å². The molecule has 2 aromatic carbocycles. The molecule has 0 spiro atoms. The molecule has 10 heteroatoms. The van der Waals surface area contributed by atoms with Gasteiger partial charge in [0.05, 0.1) is 27.9 Å². The molecule has 5 nitrogen and oxygen atoms in total. The highest BCUT2D eigenvalue weighted by atomic mass is 35.5. The summed E-state index contributed by atoms with van der Waals surface area (Å²) in [5.41, 5.74) is 11.9. The van der Waals surface area contributed by atoms with Crippen LogP contribution in [0.25, 0.3) is 21.3 Å². The lowest BCUT2D eigenvalue weighted by Gasteiger charge is -2.14. The second-order valence-corrected chi connectivity index (χ2v) is 9.03. The number of benzene rings is 2. The SMILES string of the molecule is C[C@@H]1C[C@@H](O)c2ncnc(-c3ccc4c(C(CN)c5ccc(Cl)cc5)nsc4c3)c21.Cl.Cl.Cl. The predicted octanol–water partition coefficient (Wildman–Crippen LogP) is 6.30. The molecule has 0 saturated carbocycles. The van der Waals surface area contributed by atoms with Crippen LogP contribution in [0.3, 0.4) is 0 Å². The summed E-state index contributed by atoms with van der Waals surface area (Å²) in [7, 11) is 0. The molecule has 4 aromatic rings. The van der Waals surface area contributed by atoms with E-state index in [1.165, 1.54) is 11.5 Å². The first-order chi connectivity index (χ1) is 14.6. The van der Waals surface area contributed by atoms with E-state index in [1.54, 1.807) is 6.33 Å². The van der Waals surface area contributed by atoms with Gasteiger partial charge in [0.2, 0.25) is 0 Å². The summed E-state index contributed by atoms with van der Waals surface area (Å²) in [6.45, 7) is 2.58. The highest BCUT2D eigenvalue weighted by molar-refractivity contribution is 7.13. The zero-order valence-corrected chi connectivity index (χ0v) is 21.7. The van der Waals surface area contributed by atoms with Crippen LogP contribution in [0, 0.1) is 0 Å². The molecule has 0 aliphatic heterocycles. The number of aliphatic hydroxyl groups is 1. The standard InChI is InChI=1S/C23H21ClN4OS.3ClH/c1-12-8-18(29)23-20(12)21(26-11-27-23)14-4-7-16-19(9-14)30-28-22(16)17(10-25)13-2-5-15(24)6-3-13;;;/h2-7,9,11-12,17-18,29H,8,10,25H2,1H3;3*1H/t12-,17?,18-;;;/m1.../s1. The van der Waals surface area contributed by atoms with E-state index in [2.05, 4.69) is 35.1 Å². The molecule has 0 saturated heterocycles. The monoisotopic (exact) mass is 544 g/mol. The van der Waals surface area contributed by atoms with Crippen LogP contribution in [0.5, 0.6) is 0 Å². The Balaban J connectivity index is 0.00000128. The summed E-state index contributed by atoms with van der Waals surface area (Å²) in [5.74, 6) is 0.241. The van der Waals surface area contributed by atoms with Crippen molar-refractivity contribution in [1.82, 2.24) is 14.3 Å². The van der Waals surface area contributed by atoms with Gasteiger partial charge in [-0.2, -0.15) is 4.37 Å². The van der Waals surface area contributed by atoms with Crippen molar-refractivity contribution in [2.45, 2.75) is 31.3 Å². The molecule has 1 aliphatic carbocycles. The molecular formula is C23H24Cl4N4OS.